The van der Waals surface area contributed by atoms with Crippen LogP contribution >= 0.6 is 0 Å². The first-order valence-corrected chi connectivity index (χ1v) is 10.3. The molecule has 0 atom stereocenters. The summed E-state index contributed by atoms with van der Waals surface area (Å²) in [5.41, 5.74) is 1.67. The van der Waals surface area contributed by atoms with Crippen LogP contribution < -0.4 is 4.72 Å². The van der Waals surface area contributed by atoms with Crippen molar-refractivity contribution in [2.45, 2.75) is 39.5 Å². The topological polar surface area (TPSA) is 49.4 Å². The van der Waals surface area contributed by atoms with Gasteiger partial charge in [-0.2, -0.15) is 0 Å². The molecule has 0 bridgehead atoms. The molecule has 5 heteroatoms. The molecule has 0 saturated heterocycles. The van der Waals surface area contributed by atoms with Gasteiger partial charge in [0.25, 0.3) is 0 Å². The molecule has 0 aromatic heterocycles. The SMILES string of the molecule is CCCCN(C/C=C/c1ccc(NS(C)(=O)=O)cc1)CCCC. The van der Waals surface area contributed by atoms with Gasteiger partial charge in [0, 0.05) is 12.2 Å². The molecule has 0 heterocycles. The average molecular weight is 339 g/mol. The molecule has 0 amide bonds. The van der Waals surface area contributed by atoms with Gasteiger partial charge in [-0.3, -0.25) is 9.62 Å². The first kappa shape index (κ1) is 19.7. The van der Waals surface area contributed by atoms with Crippen LogP contribution in [-0.4, -0.2) is 39.2 Å². The molecule has 23 heavy (non-hydrogen) atoms. The highest BCUT2D eigenvalue weighted by atomic mass is 32.2. The van der Waals surface area contributed by atoms with Crippen molar-refractivity contribution in [2.24, 2.45) is 0 Å². The zero-order valence-corrected chi connectivity index (χ0v) is 15.4. The van der Waals surface area contributed by atoms with Gasteiger partial charge < -0.3 is 0 Å². The molecule has 1 N–H and O–H groups in total. The van der Waals surface area contributed by atoms with Crippen LogP contribution in [0.3, 0.4) is 0 Å². The third kappa shape index (κ3) is 9.41. The molecule has 0 fully saturated rings. The standard InChI is InChI=1S/C18H30N2O2S/c1-4-6-14-20(15-7-5-2)16-8-9-17-10-12-18(13-11-17)19-23(3,21)22/h8-13,19H,4-7,14-16H2,1-3H3/b9-8+. The minimum absolute atomic E-state index is 0.595. The van der Waals surface area contributed by atoms with Gasteiger partial charge in [0.1, 0.15) is 0 Å². The molecule has 4 nitrogen and oxygen atoms in total. The van der Waals surface area contributed by atoms with Crippen molar-refractivity contribution >= 4 is 21.8 Å². The second-order valence-electron chi connectivity index (χ2n) is 5.91. The summed E-state index contributed by atoms with van der Waals surface area (Å²) >= 11 is 0. The summed E-state index contributed by atoms with van der Waals surface area (Å²) in [4.78, 5) is 2.49. The number of anilines is 1. The summed E-state index contributed by atoms with van der Waals surface area (Å²) in [6, 6.07) is 7.41. The highest BCUT2D eigenvalue weighted by Gasteiger charge is 2.02. The maximum atomic E-state index is 11.2. The molecule has 0 spiro atoms. The summed E-state index contributed by atoms with van der Waals surface area (Å²) in [6.07, 6.45) is 10.4. The van der Waals surface area contributed by atoms with E-state index in [2.05, 4.69) is 35.6 Å². The first-order chi connectivity index (χ1) is 10.9. The summed E-state index contributed by atoms with van der Waals surface area (Å²) in [5.74, 6) is 0. The number of unbranched alkanes of at least 4 members (excludes halogenated alkanes) is 2. The Balaban J connectivity index is 2.54. The highest BCUT2D eigenvalue weighted by molar-refractivity contribution is 7.92. The summed E-state index contributed by atoms with van der Waals surface area (Å²) in [7, 11) is -3.21. The Morgan fingerprint density at radius 3 is 2.09 bits per heavy atom. The van der Waals surface area contributed by atoms with Crippen molar-refractivity contribution in [3.63, 3.8) is 0 Å². The van der Waals surface area contributed by atoms with E-state index in [1.807, 2.05) is 12.1 Å². The van der Waals surface area contributed by atoms with Gasteiger partial charge in [-0.25, -0.2) is 8.42 Å². The monoisotopic (exact) mass is 338 g/mol. The molecule has 0 radical (unpaired) electrons. The number of nitrogens with zero attached hydrogens (tertiary/aromatic N) is 1. The maximum absolute atomic E-state index is 11.2. The van der Waals surface area contributed by atoms with Gasteiger partial charge in [-0.1, -0.05) is 51.0 Å². The van der Waals surface area contributed by atoms with Crippen LogP contribution in [0.25, 0.3) is 6.08 Å². The summed E-state index contributed by atoms with van der Waals surface area (Å²) in [6.45, 7) is 7.71. The van der Waals surface area contributed by atoms with Gasteiger partial charge in [0.15, 0.2) is 0 Å². The van der Waals surface area contributed by atoms with Gasteiger partial charge >= 0.3 is 0 Å². The number of nitrogens with one attached hydrogen (secondary N) is 1. The number of sulfonamides is 1. The van der Waals surface area contributed by atoms with E-state index in [9.17, 15) is 8.42 Å². The molecule has 0 aliphatic rings. The van der Waals surface area contributed by atoms with Crippen LogP contribution in [0.5, 0.6) is 0 Å². The maximum Gasteiger partial charge on any atom is 0.229 e. The fourth-order valence-corrected chi connectivity index (χ4v) is 2.84. The number of rotatable bonds is 11. The number of benzene rings is 1. The van der Waals surface area contributed by atoms with E-state index >= 15 is 0 Å². The van der Waals surface area contributed by atoms with Crippen LogP contribution in [0.1, 0.15) is 45.1 Å². The van der Waals surface area contributed by atoms with E-state index in [0.717, 1.165) is 31.5 Å². The Labute approximate surface area is 141 Å². The highest BCUT2D eigenvalue weighted by Crippen LogP contribution is 2.12. The molecule has 0 aliphatic heterocycles. The van der Waals surface area contributed by atoms with Crippen LogP contribution in [0.4, 0.5) is 5.69 Å². The van der Waals surface area contributed by atoms with E-state index in [4.69, 9.17) is 0 Å². The smallest absolute Gasteiger partial charge is 0.229 e. The van der Waals surface area contributed by atoms with Crippen molar-refractivity contribution in [1.82, 2.24) is 4.90 Å². The second kappa shape index (κ2) is 10.4. The fraction of sp³-hybridized carbons (Fsp3) is 0.556. The third-order valence-electron chi connectivity index (χ3n) is 3.54. The first-order valence-electron chi connectivity index (χ1n) is 8.41. The molecule has 0 saturated carbocycles. The van der Waals surface area contributed by atoms with Gasteiger partial charge in [0.05, 0.1) is 6.26 Å². The summed E-state index contributed by atoms with van der Waals surface area (Å²) < 4.78 is 24.8. The van der Waals surface area contributed by atoms with Crippen LogP contribution in [0, 0.1) is 0 Å². The summed E-state index contributed by atoms with van der Waals surface area (Å²) in [5, 5.41) is 0. The molecule has 1 aromatic carbocycles. The molecule has 0 unspecified atom stereocenters. The Morgan fingerprint density at radius 1 is 1.04 bits per heavy atom. The lowest BCUT2D eigenvalue weighted by molar-refractivity contribution is 0.293. The lowest BCUT2D eigenvalue weighted by atomic mass is 10.2. The number of hydrogen-bond donors (Lipinski definition) is 1. The molecule has 1 rings (SSSR count). The van der Waals surface area contributed by atoms with Crippen LogP contribution in [0.2, 0.25) is 0 Å². The Bertz CT molecular complexity index is 557. The van der Waals surface area contributed by atoms with E-state index in [1.165, 1.54) is 25.7 Å². The lowest BCUT2D eigenvalue weighted by Gasteiger charge is -2.19. The molecular formula is C18H30N2O2S. The van der Waals surface area contributed by atoms with Gasteiger partial charge in [-0.15, -0.1) is 0 Å². The fourth-order valence-electron chi connectivity index (χ4n) is 2.27. The third-order valence-corrected chi connectivity index (χ3v) is 4.15. The zero-order valence-electron chi connectivity index (χ0n) is 14.6. The van der Waals surface area contributed by atoms with Crippen molar-refractivity contribution < 1.29 is 8.42 Å². The number of hydrogen-bond acceptors (Lipinski definition) is 3. The minimum atomic E-state index is -3.21. The van der Waals surface area contributed by atoms with Crippen molar-refractivity contribution in [3.05, 3.63) is 35.9 Å². The molecule has 0 aliphatic carbocycles. The van der Waals surface area contributed by atoms with Crippen molar-refractivity contribution in [1.29, 1.82) is 0 Å². The largest absolute Gasteiger partial charge is 0.300 e. The van der Waals surface area contributed by atoms with E-state index in [0.29, 0.717) is 5.69 Å². The van der Waals surface area contributed by atoms with Gasteiger partial charge in [0.2, 0.25) is 10.0 Å². The Hall–Kier alpha value is -1.33. The average Bonchev–Trinajstić information content (AvgIpc) is 2.49. The van der Waals surface area contributed by atoms with E-state index in [1.54, 1.807) is 12.1 Å². The van der Waals surface area contributed by atoms with Crippen molar-refractivity contribution in [2.75, 3.05) is 30.6 Å². The Kier molecular flexibility index (Phi) is 8.95. The van der Waals surface area contributed by atoms with Gasteiger partial charge in [-0.05, 0) is 43.6 Å². The minimum Gasteiger partial charge on any atom is -0.300 e. The predicted molar refractivity (Wildman–Crippen MR) is 100 cm³/mol. The van der Waals surface area contributed by atoms with Crippen LogP contribution in [-0.2, 0) is 10.0 Å². The second-order valence-corrected chi connectivity index (χ2v) is 7.65. The van der Waals surface area contributed by atoms with Crippen molar-refractivity contribution in [3.8, 4) is 0 Å². The van der Waals surface area contributed by atoms with E-state index in [-0.39, 0.29) is 0 Å². The van der Waals surface area contributed by atoms with E-state index < -0.39 is 10.0 Å². The zero-order chi connectivity index (χ0) is 17.1. The normalized spacial score (nSPS) is 12.2. The lowest BCUT2D eigenvalue weighted by Crippen LogP contribution is -2.26. The molecular weight excluding hydrogens is 308 g/mol. The quantitative estimate of drug-likeness (QED) is 0.664. The van der Waals surface area contributed by atoms with Crippen LogP contribution in [0.15, 0.2) is 30.3 Å². The molecule has 130 valence electrons. The predicted octanol–water partition coefficient (Wildman–Crippen LogP) is 3.97. The molecule has 1 aromatic rings. The Morgan fingerprint density at radius 2 is 1.61 bits per heavy atom.